The van der Waals surface area contributed by atoms with Gasteiger partial charge in [-0.3, -0.25) is 9.59 Å². The summed E-state index contributed by atoms with van der Waals surface area (Å²) < 4.78 is 13.5. The van der Waals surface area contributed by atoms with Gasteiger partial charge in [0.2, 0.25) is 11.8 Å². The van der Waals surface area contributed by atoms with Crippen molar-refractivity contribution in [2.24, 2.45) is 11.7 Å². The normalized spacial score (nSPS) is 11.8. The first-order chi connectivity index (χ1) is 9.47. The fourth-order valence-corrected chi connectivity index (χ4v) is 1.84. The van der Waals surface area contributed by atoms with Crippen molar-refractivity contribution in [2.75, 3.05) is 17.2 Å². The predicted octanol–water partition coefficient (Wildman–Crippen LogP) is 2.10. The van der Waals surface area contributed by atoms with E-state index in [0.717, 1.165) is 6.42 Å². The summed E-state index contributed by atoms with van der Waals surface area (Å²) in [6.45, 7) is 3.53. The molecule has 0 fully saturated rings. The molecule has 0 saturated carbocycles. The molecule has 0 bridgehead atoms. The van der Waals surface area contributed by atoms with E-state index in [1.54, 1.807) is 0 Å². The van der Waals surface area contributed by atoms with E-state index in [9.17, 15) is 14.0 Å². The maximum absolute atomic E-state index is 13.5. The monoisotopic (exact) mass is 281 g/mol. The number of hydrogen-bond acceptors (Lipinski definition) is 3. The highest BCUT2D eigenvalue weighted by atomic mass is 19.1. The van der Waals surface area contributed by atoms with E-state index in [1.165, 1.54) is 25.1 Å². The quantitative estimate of drug-likeness (QED) is 0.746. The van der Waals surface area contributed by atoms with E-state index >= 15 is 0 Å². The second-order valence-electron chi connectivity index (χ2n) is 4.59. The summed E-state index contributed by atoms with van der Waals surface area (Å²) in [7, 11) is 0. The number of benzene rings is 1. The van der Waals surface area contributed by atoms with Crippen LogP contribution >= 0.6 is 0 Å². The Morgan fingerprint density at radius 1 is 1.35 bits per heavy atom. The van der Waals surface area contributed by atoms with E-state index in [2.05, 4.69) is 10.6 Å². The third kappa shape index (κ3) is 4.62. The number of carbonyl (C=O) groups is 2. The molecule has 1 aromatic rings. The highest BCUT2D eigenvalue weighted by Crippen LogP contribution is 2.20. The lowest BCUT2D eigenvalue weighted by atomic mass is 10.0. The summed E-state index contributed by atoms with van der Waals surface area (Å²) in [6, 6.07) is 4.02. The highest BCUT2D eigenvalue weighted by Gasteiger charge is 2.16. The van der Waals surface area contributed by atoms with E-state index in [-0.39, 0.29) is 30.0 Å². The van der Waals surface area contributed by atoms with Crippen LogP contribution in [-0.2, 0) is 9.59 Å². The lowest BCUT2D eigenvalue weighted by Gasteiger charge is -2.14. The molecule has 0 aliphatic heterocycles. The van der Waals surface area contributed by atoms with Crippen LogP contribution in [-0.4, -0.2) is 18.4 Å². The van der Waals surface area contributed by atoms with Gasteiger partial charge in [0.05, 0.1) is 11.6 Å². The molecule has 5 nitrogen and oxygen atoms in total. The Morgan fingerprint density at radius 3 is 2.60 bits per heavy atom. The second-order valence-corrected chi connectivity index (χ2v) is 4.59. The van der Waals surface area contributed by atoms with Crippen LogP contribution in [0.15, 0.2) is 18.2 Å². The molecule has 20 heavy (non-hydrogen) atoms. The van der Waals surface area contributed by atoms with Crippen molar-refractivity contribution >= 4 is 23.2 Å². The second kappa shape index (κ2) is 7.59. The smallest absolute Gasteiger partial charge is 0.228 e. The summed E-state index contributed by atoms with van der Waals surface area (Å²) >= 11 is 0. The molecule has 0 spiro atoms. The van der Waals surface area contributed by atoms with Gasteiger partial charge in [-0.05, 0) is 24.6 Å². The van der Waals surface area contributed by atoms with Crippen LogP contribution in [0.3, 0.4) is 0 Å². The van der Waals surface area contributed by atoms with Gasteiger partial charge in [-0.15, -0.1) is 0 Å². The molecule has 1 unspecified atom stereocenters. The van der Waals surface area contributed by atoms with Gasteiger partial charge in [0, 0.05) is 19.2 Å². The molecule has 0 saturated heterocycles. The molecular formula is C14H20FN3O2. The molecule has 0 heterocycles. The summed E-state index contributed by atoms with van der Waals surface area (Å²) in [6.07, 6.45) is 1.55. The number of halogens is 1. The van der Waals surface area contributed by atoms with Gasteiger partial charge in [-0.2, -0.15) is 0 Å². The molecule has 0 radical (unpaired) electrons. The van der Waals surface area contributed by atoms with Crippen LogP contribution in [0, 0.1) is 11.7 Å². The predicted molar refractivity (Wildman–Crippen MR) is 76.8 cm³/mol. The first kappa shape index (κ1) is 16.1. The van der Waals surface area contributed by atoms with Gasteiger partial charge in [0.15, 0.2) is 0 Å². The van der Waals surface area contributed by atoms with E-state index < -0.39 is 5.82 Å². The summed E-state index contributed by atoms with van der Waals surface area (Å²) in [4.78, 5) is 22.9. The fourth-order valence-electron chi connectivity index (χ4n) is 1.84. The zero-order valence-electron chi connectivity index (χ0n) is 11.7. The first-order valence-electron chi connectivity index (χ1n) is 6.56. The SMILES string of the molecule is CCCC(CN)C(=O)Nc1ccc(F)c(NC(C)=O)c1. The average molecular weight is 281 g/mol. The van der Waals surface area contributed by atoms with Crippen molar-refractivity contribution in [2.45, 2.75) is 26.7 Å². The van der Waals surface area contributed by atoms with Gasteiger partial charge in [-0.1, -0.05) is 13.3 Å². The number of nitrogens with two attached hydrogens (primary N) is 1. The van der Waals surface area contributed by atoms with Crippen LogP contribution in [0.1, 0.15) is 26.7 Å². The Bertz CT molecular complexity index is 491. The van der Waals surface area contributed by atoms with Crippen molar-refractivity contribution in [3.8, 4) is 0 Å². The van der Waals surface area contributed by atoms with Crippen LogP contribution < -0.4 is 16.4 Å². The van der Waals surface area contributed by atoms with E-state index in [0.29, 0.717) is 12.1 Å². The zero-order valence-corrected chi connectivity index (χ0v) is 11.7. The van der Waals surface area contributed by atoms with Gasteiger partial charge >= 0.3 is 0 Å². The fraction of sp³-hybridized carbons (Fsp3) is 0.429. The van der Waals surface area contributed by atoms with Gasteiger partial charge in [0.25, 0.3) is 0 Å². The number of hydrogen-bond donors (Lipinski definition) is 3. The third-order valence-electron chi connectivity index (χ3n) is 2.84. The highest BCUT2D eigenvalue weighted by molar-refractivity contribution is 5.94. The Morgan fingerprint density at radius 2 is 2.05 bits per heavy atom. The minimum Gasteiger partial charge on any atom is -0.330 e. The Hall–Kier alpha value is -1.95. The van der Waals surface area contributed by atoms with Crippen molar-refractivity contribution in [3.05, 3.63) is 24.0 Å². The summed E-state index contributed by atoms with van der Waals surface area (Å²) in [5, 5.41) is 5.05. The minimum absolute atomic E-state index is 0.0371. The summed E-state index contributed by atoms with van der Waals surface area (Å²) in [5.74, 6) is -1.40. The van der Waals surface area contributed by atoms with Crippen LogP contribution in [0.4, 0.5) is 15.8 Å². The Kier molecular flexibility index (Phi) is 6.11. The van der Waals surface area contributed by atoms with Crippen LogP contribution in [0.5, 0.6) is 0 Å². The standard InChI is InChI=1S/C14H20FN3O2/c1-3-4-10(8-16)14(20)18-11-5-6-12(15)13(7-11)17-9(2)19/h5-7,10H,3-4,8,16H2,1-2H3,(H,17,19)(H,18,20). The maximum Gasteiger partial charge on any atom is 0.228 e. The Labute approximate surface area is 117 Å². The Balaban J connectivity index is 2.82. The molecular weight excluding hydrogens is 261 g/mol. The number of amides is 2. The maximum atomic E-state index is 13.5. The van der Waals surface area contributed by atoms with Crippen molar-refractivity contribution in [1.29, 1.82) is 0 Å². The number of carbonyl (C=O) groups excluding carboxylic acids is 2. The van der Waals surface area contributed by atoms with Crippen molar-refractivity contribution < 1.29 is 14.0 Å². The van der Waals surface area contributed by atoms with Crippen molar-refractivity contribution in [3.63, 3.8) is 0 Å². The summed E-state index contributed by atoms with van der Waals surface area (Å²) in [5.41, 5.74) is 6.02. The van der Waals surface area contributed by atoms with Gasteiger partial charge < -0.3 is 16.4 Å². The molecule has 0 aromatic heterocycles. The molecule has 0 aliphatic carbocycles. The molecule has 6 heteroatoms. The molecule has 1 atom stereocenters. The largest absolute Gasteiger partial charge is 0.330 e. The number of anilines is 2. The van der Waals surface area contributed by atoms with Crippen LogP contribution in [0.25, 0.3) is 0 Å². The first-order valence-corrected chi connectivity index (χ1v) is 6.56. The third-order valence-corrected chi connectivity index (χ3v) is 2.84. The lowest BCUT2D eigenvalue weighted by molar-refractivity contribution is -0.119. The van der Waals surface area contributed by atoms with Crippen LogP contribution in [0.2, 0.25) is 0 Å². The van der Waals surface area contributed by atoms with Gasteiger partial charge in [-0.25, -0.2) is 4.39 Å². The topological polar surface area (TPSA) is 84.2 Å². The molecule has 0 aliphatic rings. The number of nitrogens with one attached hydrogen (secondary N) is 2. The lowest BCUT2D eigenvalue weighted by Crippen LogP contribution is -2.29. The number of rotatable bonds is 6. The van der Waals surface area contributed by atoms with E-state index in [1.807, 2.05) is 6.92 Å². The molecule has 110 valence electrons. The minimum atomic E-state index is -0.554. The van der Waals surface area contributed by atoms with Gasteiger partial charge in [0.1, 0.15) is 5.82 Å². The molecule has 4 N–H and O–H groups in total. The van der Waals surface area contributed by atoms with E-state index in [4.69, 9.17) is 5.73 Å². The zero-order chi connectivity index (χ0) is 15.1. The molecule has 1 aromatic carbocycles. The van der Waals surface area contributed by atoms with Crippen molar-refractivity contribution in [1.82, 2.24) is 0 Å². The average Bonchev–Trinajstić information content (AvgIpc) is 2.39. The molecule has 1 rings (SSSR count). The molecule has 2 amide bonds.